The maximum absolute atomic E-state index is 12.2. The molecule has 1 heterocycles. The van der Waals surface area contributed by atoms with Crippen LogP contribution in [-0.4, -0.2) is 24.1 Å². The Morgan fingerprint density at radius 2 is 1.70 bits per heavy atom. The maximum atomic E-state index is 12.2. The van der Waals surface area contributed by atoms with E-state index >= 15 is 0 Å². The first-order valence-electron chi connectivity index (χ1n) is 8.02. The quantitative estimate of drug-likeness (QED) is 0.349. The number of hydrogen-bond acceptors (Lipinski definition) is 4. The van der Waals surface area contributed by atoms with Gasteiger partial charge in [0.2, 0.25) is 0 Å². The van der Waals surface area contributed by atoms with Crippen molar-refractivity contribution in [2.24, 2.45) is 5.92 Å². The SMILES string of the molecule is CCCCOC1(CCCC)C(=O)OC(=O)C1CCCC. The zero-order chi connectivity index (χ0) is 15.0. The predicted molar refractivity (Wildman–Crippen MR) is 77.2 cm³/mol. The minimum atomic E-state index is -1.02. The van der Waals surface area contributed by atoms with Crippen molar-refractivity contribution < 1.29 is 19.1 Å². The topological polar surface area (TPSA) is 52.6 Å². The Kier molecular flexibility index (Phi) is 7.20. The molecule has 116 valence electrons. The van der Waals surface area contributed by atoms with Crippen LogP contribution >= 0.6 is 0 Å². The van der Waals surface area contributed by atoms with Gasteiger partial charge in [0.15, 0.2) is 5.60 Å². The summed E-state index contributed by atoms with van der Waals surface area (Å²) in [5.41, 5.74) is -1.02. The van der Waals surface area contributed by atoms with Crippen molar-refractivity contribution in [1.82, 2.24) is 0 Å². The van der Waals surface area contributed by atoms with Gasteiger partial charge in [0.05, 0.1) is 5.92 Å². The highest BCUT2D eigenvalue weighted by atomic mass is 16.6. The summed E-state index contributed by atoms with van der Waals surface area (Å²) >= 11 is 0. The molecule has 0 aromatic rings. The van der Waals surface area contributed by atoms with Gasteiger partial charge in [-0.05, 0) is 19.3 Å². The molecule has 0 aromatic heterocycles. The summed E-state index contributed by atoms with van der Waals surface area (Å²) in [6, 6.07) is 0. The van der Waals surface area contributed by atoms with Crippen LogP contribution in [0.15, 0.2) is 0 Å². The number of carbonyl (C=O) groups excluding carboxylic acids is 2. The van der Waals surface area contributed by atoms with Crippen molar-refractivity contribution in [3.8, 4) is 0 Å². The molecule has 20 heavy (non-hydrogen) atoms. The minimum absolute atomic E-state index is 0.393. The lowest BCUT2D eigenvalue weighted by Gasteiger charge is -2.30. The van der Waals surface area contributed by atoms with Crippen molar-refractivity contribution in [1.29, 1.82) is 0 Å². The molecule has 1 aliphatic heterocycles. The van der Waals surface area contributed by atoms with E-state index in [-0.39, 0.29) is 0 Å². The third-order valence-corrected chi connectivity index (χ3v) is 3.99. The minimum Gasteiger partial charge on any atom is -0.391 e. The fourth-order valence-electron chi connectivity index (χ4n) is 2.69. The van der Waals surface area contributed by atoms with Crippen LogP contribution in [0.2, 0.25) is 0 Å². The molecule has 2 unspecified atom stereocenters. The van der Waals surface area contributed by atoms with E-state index in [1.54, 1.807) is 0 Å². The van der Waals surface area contributed by atoms with E-state index in [0.29, 0.717) is 19.4 Å². The van der Waals surface area contributed by atoms with Gasteiger partial charge < -0.3 is 9.47 Å². The van der Waals surface area contributed by atoms with Crippen LogP contribution < -0.4 is 0 Å². The molecule has 0 radical (unpaired) electrons. The van der Waals surface area contributed by atoms with E-state index < -0.39 is 23.5 Å². The van der Waals surface area contributed by atoms with Gasteiger partial charge in [0, 0.05) is 6.61 Å². The Morgan fingerprint density at radius 1 is 1.05 bits per heavy atom. The Hall–Kier alpha value is -0.900. The van der Waals surface area contributed by atoms with Gasteiger partial charge in [-0.15, -0.1) is 0 Å². The molecule has 0 bridgehead atoms. The highest BCUT2D eigenvalue weighted by molar-refractivity contribution is 6.01. The smallest absolute Gasteiger partial charge is 0.346 e. The zero-order valence-corrected chi connectivity index (χ0v) is 13.1. The molecule has 0 N–H and O–H groups in total. The second kappa shape index (κ2) is 8.40. The average molecular weight is 284 g/mol. The maximum Gasteiger partial charge on any atom is 0.346 e. The fraction of sp³-hybridized carbons (Fsp3) is 0.875. The zero-order valence-electron chi connectivity index (χ0n) is 13.1. The molecule has 0 aliphatic carbocycles. The monoisotopic (exact) mass is 284 g/mol. The van der Waals surface area contributed by atoms with Gasteiger partial charge in [0.25, 0.3) is 0 Å². The Labute approximate surface area is 122 Å². The van der Waals surface area contributed by atoms with Crippen LogP contribution in [0.25, 0.3) is 0 Å². The van der Waals surface area contributed by atoms with Crippen molar-refractivity contribution >= 4 is 11.9 Å². The number of unbranched alkanes of at least 4 members (excludes halogenated alkanes) is 3. The predicted octanol–water partition coefficient (Wildman–Crippen LogP) is 3.62. The van der Waals surface area contributed by atoms with Crippen LogP contribution in [0.5, 0.6) is 0 Å². The Morgan fingerprint density at radius 3 is 2.30 bits per heavy atom. The second-order valence-corrected chi connectivity index (χ2v) is 5.60. The standard InChI is InChI=1S/C16H28O4/c1-4-7-10-13-14(17)20-15(18)16(13,11-8-5-2)19-12-9-6-3/h13H,4-12H2,1-3H3. The van der Waals surface area contributed by atoms with E-state index in [4.69, 9.17) is 9.47 Å². The van der Waals surface area contributed by atoms with E-state index in [9.17, 15) is 9.59 Å². The third kappa shape index (κ3) is 3.81. The van der Waals surface area contributed by atoms with E-state index in [0.717, 1.165) is 38.5 Å². The summed E-state index contributed by atoms with van der Waals surface area (Å²) in [6.45, 7) is 6.75. The largest absolute Gasteiger partial charge is 0.391 e. The first-order chi connectivity index (χ1) is 9.62. The molecule has 0 saturated carbocycles. The second-order valence-electron chi connectivity index (χ2n) is 5.60. The first kappa shape index (κ1) is 17.2. The van der Waals surface area contributed by atoms with Gasteiger partial charge in [-0.2, -0.15) is 0 Å². The van der Waals surface area contributed by atoms with Gasteiger partial charge >= 0.3 is 11.9 Å². The molecule has 1 fully saturated rings. The molecule has 1 rings (SSSR count). The van der Waals surface area contributed by atoms with Crippen LogP contribution in [-0.2, 0) is 19.1 Å². The molecule has 0 aromatic carbocycles. The number of hydrogen-bond donors (Lipinski definition) is 0. The highest BCUT2D eigenvalue weighted by Gasteiger charge is 2.57. The molecule has 1 aliphatic rings. The highest BCUT2D eigenvalue weighted by Crippen LogP contribution is 2.39. The lowest BCUT2D eigenvalue weighted by atomic mass is 9.81. The van der Waals surface area contributed by atoms with E-state index in [2.05, 4.69) is 20.8 Å². The summed E-state index contributed by atoms with van der Waals surface area (Å²) in [5, 5.41) is 0. The van der Waals surface area contributed by atoms with Crippen molar-refractivity contribution in [3.63, 3.8) is 0 Å². The van der Waals surface area contributed by atoms with Crippen LogP contribution in [0, 0.1) is 5.92 Å². The number of carbonyl (C=O) groups is 2. The van der Waals surface area contributed by atoms with Gasteiger partial charge in [-0.1, -0.05) is 52.9 Å². The Bertz CT molecular complexity index is 326. The molecular weight excluding hydrogens is 256 g/mol. The number of cyclic esters (lactones) is 2. The first-order valence-corrected chi connectivity index (χ1v) is 8.02. The van der Waals surface area contributed by atoms with Crippen LogP contribution in [0.3, 0.4) is 0 Å². The van der Waals surface area contributed by atoms with Crippen molar-refractivity contribution in [3.05, 3.63) is 0 Å². The van der Waals surface area contributed by atoms with E-state index in [1.165, 1.54) is 0 Å². The number of ether oxygens (including phenoxy) is 2. The fourth-order valence-corrected chi connectivity index (χ4v) is 2.69. The lowest BCUT2D eigenvalue weighted by Crippen LogP contribution is -2.44. The van der Waals surface area contributed by atoms with Crippen molar-refractivity contribution in [2.45, 2.75) is 77.7 Å². The molecule has 0 amide bonds. The molecular formula is C16H28O4. The average Bonchev–Trinajstić information content (AvgIpc) is 2.66. The summed E-state index contributed by atoms with van der Waals surface area (Å²) in [6.07, 6.45) is 6.93. The Balaban J connectivity index is 2.88. The van der Waals surface area contributed by atoms with Gasteiger partial charge in [-0.3, -0.25) is 4.79 Å². The number of rotatable bonds is 10. The molecule has 1 saturated heterocycles. The number of esters is 2. The van der Waals surface area contributed by atoms with Crippen LogP contribution in [0.1, 0.15) is 72.1 Å². The summed E-state index contributed by atoms with van der Waals surface area (Å²) in [5.74, 6) is -1.28. The molecule has 4 nitrogen and oxygen atoms in total. The summed E-state index contributed by atoms with van der Waals surface area (Å²) in [4.78, 5) is 24.2. The summed E-state index contributed by atoms with van der Waals surface area (Å²) < 4.78 is 10.8. The van der Waals surface area contributed by atoms with Gasteiger partial charge in [-0.25, -0.2) is 4.79 Å². The molecule has 2 atom stereocenters. The molecule has 0 spiro atoms. The summed E-state index contributed by atoms with van der Waals surface area (Å²) in [7, 11) is 0. The van der Waals surface area contributed by atoms with E-state index in [1.807, 2.05) is 0 Å². The lowest BCUT2D eigenvalue weighted by molar-refractivity contribution is -0.164. The third-order valence-electron chi connectivity index (χ3n) is 3.99. The van der Waals surface area contributed by atoms with Gasteiger partial charge in [0.1, 0.15) is 0 Å². The normalized spacial score (nSPS) is 26.1. The van der Waals surface area contributed by atoms with Crippen LogP contribution in [0.4, 0.5) is 0 Å². The molecule has 4 heteroatoms. The van der Waals surface area contributed by atoms with Crippen molar-refractivity contribution in [2.75, 3.05) is 6.61 Å².